The van der Waals surface area contributed by atoms with Crippen LogP contribution in [0.2, 0.25) is 0 Å². The van der Waals surface area contributed by atoms with E-state index in [9.17, 15) is 14.0 Å². The zero-order valence-electron chi connectivity index (χ0n) is 16.2. The lowest BCUT2D eigenvalue weighted by molar-refractivity contribution is -0.122. The molecule has 1 saturated carbocycles. The van der Waals surface area contributed by atoms with E-state index in [0.717, 1.165) is 0 Å². The fourth-order valence-electron chi connectivity index (χ4n) is 4.09. The summed E-state index contributed by atoms with van der Waals surface area (Å²) in [6.45, 7) is 0.383. The molecule has 0 atom stereocenters. The number of nitrogens with two attached hydrogens (primary N) is 1. The van der Waals surface area contributed by atoms with Gasteiger partial charge in [0.05, 0.1) is 29.6 Å². The monoisotopic (exact) mass is 408 g/mol. The summed E-state index contributed by atoms with van der Waals surface area (Å²) in [5, 5.41) is 11.7. The van der Waals surface area contributed by atoms with E-state index < -0.39 is 11.7 Å². The van der Waals surface area contributed by atoms with Crippen LogP contribution < -0.4 is 16.0 Å². The molecule has 1 heterocycles. The molecule has 0 bridgehead atoms. The van der Waals surface area contributed by atoms with Crippen LogP contribution in [0, 0.1) is 23.1 Å². The second-order valence-electron chi connectivity index (χ2n) is 7.79. The Morgan fingerprint density at radius 2 is 1.93 bits per heavy atom. The predicted octanol–water partition coefficient (Wildman–Crippen LogP) is 3.80. The van der Waals surface area contributed by atoms with Crippen molar-refractivity contribution < 1.29 is 18.7 Å². The third kappa shape index (κ3) is 3.79. The molecular formula is C22H21FN4O3. The molecule has 2 aromatic rings. The molecule has 2 aliphatic rings. The number of carbonyl (C=O) groups is 2. The highest BCUT2D eigenvalue weighted by Crippen LogP contribution is 2.41. The number of hydrogen-bond acceptors (Lipinski definition) is 5. The predicted molar refractivity (Wildman–Crippen MR) is 109 cm³/mol. The van der Waals surface area contributed by atoms with Gasteiger partial charge in [-0.3, -0.25) is 9.69 Å². The number of ether oxygens (including phenoxy) is 1. The molecule has 0 radical (unpaired) electrons. The van der Waals surface area contributed by atoms with Gasteiger partial charge in [0, 0.05) is 11.6 Å². The Morgan fingerprint density at radius 1 is 1.23 bits per heavy atom. The van der Waals surface area contributed by atoms with Crippen molar-refractivity contribution in [2.45, 2.75) is 31.3 Å². The van der Waals surface area contributed by atoms with Crippen molar-refractivity contribution in [3.05, 3.63) is 53.8 Å². The number of hydrogen-bond donors (Lipinski definition) is 2. The lowest BCUT2D eigenvalue weighted by Gasteiger charge is -2.34. The van der Waals surface area contributed by atoms with Crippen LogP contribution in [0.15, 0.2) is 42.5 Å². The molecule has 2 fully saturated rings. The molecule has 0 unspecified atom stereocenters. The van der Waals surface area contributed by atoms with Crippen LogP contribution in [-0.2, 0) is 9.53 Å². The molecule has 8 heteroatoms. The quantitative estimate of drug-likeness (QED) is 0.751. The van der Waals surface area contributed by atoms with Crippen molar-refractivity contribution >= 4 is 29.1 Å². The van der Waals surface area contributed by atoms with Crippen LogP contribution in [-0.4, -0.2) is 24.1 Å². The largest absolute Gasteiger partial charge is 0.441 e. The average molecular weight is 408 g/mol. The number of anilines is 3. The second kappa shape index (κ2) is 7.67. The number of nitrogens with one attached hydrogen (secondary N) is 1. The van der Waals surface area contributed by atoms with Crippen LogP contribution in [0.3, 0.4) is 0 Å². The number of nitrogens with zero attached hydrogens (tertiary/aromatic N) is 2. The SMILES string of the molecule is N#Cc1ccc(NC(=O)C2CCC3(CC2)CN(c2ccc(F)cc2)C(=O)O3)c(N)c1. The Morgan fingerprint density at radius 3 is 2.57 bits per heavy atom. The molecule has 1 aliphatic heterocycles. The van der Waals surface area contributed by atoms with Crippen molar-refractivity contribution in [1.82, 2.24) is 0 Å². The first-order valence-electron chi connectivity index (χ1n) is 9.76. The minimum Gasteiger partial charge on any atom is -0.441 e. The number of carbonyl (C=O) groups excluding carboxylic acids is 2. The van der Waals surface area contributed by atoms with Crippen LogP contribution in [0.5, 0.6) is 0 Å². The summed E-state index contributed by atoms with van der Waals surface area (Å²) in [7, 11) is 0. The van der Waals surface area contributed by atoms with Gasteiger partial charge in [-0.05, 0) is 68.1 Å². The Balaban J connectivity index is 1.38. The Bertz CT molecular complexity index is 1020. The van der Waals surface area contributed by atoms with E-state index in [2.05, 4.69) is 5.32 Å². The fraction of sp³-hybridized carbons (Fsp3) is 0.318. The number of nitriles is 1. The molecular weight excluding hydrogens is 387 g/mol. The first kappa shape index (κ1) is 19.7. The third-order valence-corrected chi connectivity index (χ3v) is 5.81. The molecule has 4 rings (SSSR count). The van der Waals surface area contributed by atoms with Gasteiger partial charge < -0.3 is 15.8 Å². The van der Waals surface area contributed by atoms with E-state index in [1.165, 1.54) is 23.1 Å². The first-order valence-corrected chi connectivity index (χ1v) is 9.76. The van der Waals surface area contributed by atoms with Crippen molar-refractivity contribution in [2.75, 3.05) is 22.5 Å². The van der Waals surface area contributed by atoms with Gasteiger partial charge in [-0.15, -0.1) is 0 Å². The first-order chi connectivity index (χ1) is 14.4. The summed E-state index contributed by atoms with van der Waals surface area (Å²) in [5.41, 5.74) is 7.13. The van der Waals surface area contributed by atoms with Crippen LogP contribution in [0.25, 0.3) is 0 Å². The summed E-state index contributed by atoms with van der Waals surface area (Å²) >= 11 is 0. The van der Waals surface area contributed by atoms with Gasteiger partial charge in [0.25, 0.3) is 0 Å². The summed E-state index contributed by atoms with van der Waals surface area (Å²) in [6, 6.07) is 12.5. The van der Waals surface area contributed by atoms with E-state index in [1.807, 2.05) is 6.07 Å². The number of nitrogen functional groups attached to an aromatic ring is 1. The van der Waals surface area contributed by atoms with Crippen molar-refractivity contribution in [3.8, 4) is 6.07 Å². The van der Waals surface area contributed by atoms with E-state index in [0.29, 0.717) is 54.9 Å². The van der Waals surface area contributed by atoms with Crippen LogP contribution in [0.4, 0.5) is 26.2 Å². The minimum absolute atomic E-state index is 0.138. The summed E-state index contributed by atoms with van der Waals surface area (Å²) in [6.07, 6.45) is 1.84. The summed E-state index contributed by atoms with van der Waals surface area (Å²) in [4.78, 5) is 26.6. The smallest absolute Gasteiger partial charge is 0.415 e. The highest BCUT2D eigenvalue weighted by molar-refractivity contribution is 5.95. The number of benzene rings is 2. The molecule has 2 amide bonds. The number of halogens is 1. The number of rotatable bonds is 3. The minimum atomic E-state index is -0.629. The lowest BCUT2D eigenvalue weighted by atomic mass is 9.78. The van der Waals surface area contributed by atoms with Gasteiger partial charge in [0.2, 0.25) is 5.91 Å². The van der Waals surface area contributed by atoms with E-state index >= 15 is 0 Å². The molecule has 0 aromatic heterocycles. The van der Waals surface area contributed by atoms with Crippen LogP contribution >= 0.6 is 0 Å². The highest BCUT2D eigenvalue weighted by Gasteiger charge is 2.48. The third-order valence-electron chi connectivity index (χ3n) is 5.81. The van der Waals surface area contributed by atoms with E-state index in [1.54, 1.807) is 24.3 Å². The van der Waals surface area contributed by atoms with E-state index in [-0.39, 0.29) is 17.6 Å². The molecule has 3 N–H and O–H groups in total. The van der Waals surface area contributed by atoms with Gasteiger partial charge >= 0.3 is 6.09 Å². The van der Waals surface area contributed by atoms with Gasteiger partial charge in [-0.1, -0.05) is 0 Å². The number of amides is 2. The molecule has 30 heavy (non-hydrogen) atoms. The maximum atomic E-state index is 13.2. The zero-order valence-corrected chi connectivity index (χ0v) is 16.2. The van der Waals surface area contributed by atoms with E-state index in [4.69, 9.17) is 15.7 Å². The Kier molecular flexibility index (Phi) is 5.04. The highest BCUT2D eigenvalue weighted by atomic mass is 19.1. The maximum absolute atomic E-state index is 13.2. The van der Waals surface area contributed by atoms with Crippen molar-refractivity contribution in [1.29, 1.82) is 5.26 Å². The molecule has 1 spiro atoms. The van der Waals surface area contributed by atoms with Gasteiger partial charge in [0.1, 0.15) is 11.4 Å². The van der Waals surface area contributed by atoms with Crippen molar-refractivity contribution in [3.63, 3.8) is 0 Å². The molecule has 1 saturated heterocycles. The lowest BCUT2D eigenvalue weighted by Crippen LogP contribution is -2.41. The molecule has 7 nitrogen and oxygen atoms in total. The topological polar surface area (TPSA) is 108 Å². The Labute approximate surface area is 173 Å². The summed E-state index contributed by atoms with van der Waals surface area (Å²) < 4.78 is 18.9. The summed E-state index contributed by atoms with van der Waals surface area (Å²) in [5.74, 6) is -0.722. The zero-order chi connectivity index (χ0) is 21.3. The normalized spacial score (nSPS) is 23.1. The molecule has 154 valence electrons. The molecule has 2 aromatic carbocycles. The Hall–Kier alpha value is -3.60. The van der Waals surface area contributed by atoms with Gasteiger partial charge in [-0.25, -0.2) is 9.18 Å². The fourth-order valence-corrected chi connectivity index (χ4v) is 4.09. The van der Waals surface area contributed by atoms with Gasteiger partial charge in [-0.2, -0.15) is 5.26 Å². The maximum Gasteiger partial charge on any atom is 0.415 e. The molecule has 1 aliphatic carbocycles. The standard InChI is InChI=1S/C22H21FN4O3/c23-16-2-4-17(5-3-16)27-13-22(30-21(27)29)9-7-15(8-10-22)20(28)26-19-6-1-14(12-24)11-18(19)25/h1-6,11,15H,7-10,13,25H2,(H,26,28). The van der Waals surface area contributed by atoms with Gasteiger partial charge in [0.15, 0.2) is 0 Å². The van der Waals surface area contributed by atoms with Crippen molar-refractivity contribution in [2.24, 2.45) is 5.92 Å². The van der Waals surface area contributed by atoms with Crippen LogP contribution in [0.1, 0.15) is 31.2 Å². The second-order valence-corrected chi connectivity index (χ2v) is 7.79. The average Bonchev–Trinajstić information content (AvgIpc) is 3.06.